The van der Waals surface area contributed by atoms with Crippen molar-refractivity contribution >= 4 is 85.6 Å². The maximum atomic E-state index is 11.2. The van der Waals surface area contributed by atoms with Crippen LogP contribution in [0.5, 0.6) is 0 Å². The largest absolute Gasteiger partial charge is 0.480 e. The van der Waals surface area contributed by atoms with Crippen molar-refractivity contribution in [2.75, 3.05) is 0 Å². The van der Waals surface area contributed by atoms with Gasteiger partial charge in [0, 0.05) is 0 Å². The fraction of sp³-hybridized carbons (Fsp3) is 0.857. The SMILES string of the molecule is O=C(O)C1(Br)CCCC(Br)(Br)C1(Br)Br. The molecule has 1 atom stereocenters. The first-order valence-electron chi connectivity index (χ1n) is 3.83. The number of halogens is 5. The molecule has 0 aliphatic heterocycles. The highest BCUT2D eigenvalue weighted by Gasteiger charge is 2.64. The number of hydrogen-bond acceptors (Lipinski definition) is 1. The second-order valence-electron chi connectivity index (χ2n) is 3.24. The van der Waals surface area contributed by atoms with Gasteiger partial charge in [0.2, 0.25) is 0 Å². The molecule has 7 heteroatoms. The Morgan fingerprint density at radius 2 is 1.57 bits per heavy atom. The molecule has 1 N–H and O–H groups in total. The second kappa shape index (κ2) is 4.27. The van der Waals surface area contributed by atoms with Crippen LogP contribution >= 0.6 is 79.6 Å². The number of carboxylic acid groups (broad SMARTS) is 1. The van der Waals surface area contributed by atoms with Crippen molar-refractivity contribution < 1.29 is 9.90 Å². The van der Waals surface area contributed by atoms with E-state index in [1.54, 1.807) is 0 Å². The molecule has 1 unspecified atom stereocenters. The van der Waals surface area contributed by atoms with Gasteiger partial charge in [-0.25, -0.2) is 0 Å². The van der Waals surface area contributed by atoms with Crippen LogP contribution in [0.2, 0.25) is 0 Å². The van der Waals surface area contributed by atoms with Crippen LogP contribution in [0.25, 0.3) is 0 Å². The van der Waals surface area contributed by atoms with Crippen molar-refractivity contribution in [2.24, 2.45) is 0 Å². The molecule has 0 amide bonds. The lowest BCUT2D eigenvalue weighted by Crippen LogP contribution is -2.58. The molecule has 14 heavy (non-hydrogen) atoms. The molecule has 0 radical (unpaired) electrons. The van der Waals surface area contributed by atoms with Gasteiger partial charge in [0.15, 0.2) is 0 Å². The van der Waals surface area contributed by atoms with Crippen LogP contribution < -0.4 is 0 Å². The lowest BCUT2D eigenvalue weighted by molar-refractivity contribution is -0.140. The summed E-state index contributed by atoms with van der Waals surface area (Å²) in [6.07, 6.45) is 2.23. The monoisotopic (exact) mass is 518 g/mol. The maximum absolute atomic E-state index is 11.2. The summed E-state index contributed by atoms with van der Waals surface area (Å²) in [4.78, 5) is 11.2. The van der Waals surface area contributed by atoms with Crippen LogP contribution in [0.3, 0.4) is 0 Å². The third-order valence-electron chi connectivity index (χ3n) is 2.31. The first-order chi connectivity index (χ1) is 6.15. The molecule has 1 rings (SSSR count). The molecule has 0 aromatic carbocycles. The Morgan fingerprint density at radius 3 is 1.93 bits per heavy atom. The molecule has 1 saturated carbocycles. The van der Waals surface area contributed by atoms with E-state index < -0.39 is 16.8 Å². The summed E-state index contributed by atoms with van der Waals surface area (Å²) in [7, 11) is 0. The van der Waals surface area contributed by atoms with Crippen molar-refractivity contribution in [2.45, 2.75) is 30.1 Å². The van der Waals surface area contributed by atoms with E-state index in [1.165, 1.54) is 0 Å². The minimum atomic E-state index is -1.02. The summed E-state index contributed by atoms with van der Waals surface area (Å²) in [6.45, 7) is 0. The average Bonchev–Trinajstić information content (AvgIpc) is 2.00. The van der Waals surface area contributed by atoms with E-state index in [2.05, 4.69) is 79.6 Å². The maximum Gasteiger partial charge on any atom is 0.322 e. The van der Waals surface area contributed by atoms with Crippen molar-refractivity contribution in [1.29, 1.82) is 0 Å². The molecule has 2 nitrogen and oxygen atoms in total. The topological polar surface area (TPSA) is 37.3 Å². The smallest absolute Gasteiger partial charge is 0.322 e. The predicted molar refractivity (Wildman–Crippen MR) is 74.3 cm³/mol. The van der Waals surface area contributed by atoms with E-state index in [9.17, 15) is 9.90 Å². The van der Waals surface area contributed by atoms with Gasteiger partial charge in [0.05, 0.1) is 0 Å². The van der Waals surface area contributed by atoms with E-state index in [-0.39, 0.29) is 0 Å². The molecule has 0 saturated heterocycles. The minimum Gasteiger partial charge on any atom is -0.480 e. The standard InChI is InChI=1S/C7H7Br5O2/c8-5(4(13)14)2-1-3-6(9,10)7(5,11)12/h1-3H2,(H,13,14). The van der Waals surface area contributed by atoms with Gasteiger partial charge in [-0.15, -0.1) is 0 Å². The highest BCUT2D eigenvalue weighted by Crippen LogP contribution is 2.63. The Kier molecular flexibility index (Phi) is 4.25. The van der Waals surface area contributed by atoms with Gasteiger partial charge < -0.3 is 5.11 Å². The average molecular weight is 523 g/mol. The van der Waals surface area contributed by atoms with Crippen molar-refractivity contribution in [3.63, 3.8) is 0 Å². The summed E-state index contributed by atoms with van der Waals surface area (Å²) < 4.78 is -2.28. The van der Waals surface area contributed by atoms with E-state index in [1.807, 2.05) is 0 Å². The molecular weight excluding hydrogens is 516 g/mol. The summed E-state index contributed by atoms with van der Waals surface area (Å²) >= 11 is 17.1. The fourth-order valence-electron chi connectivity index (χ4n) is 1.40. The van der Waals surface area contributed by atoms with Gasteiger partial charge in [0.25, 0.3) is 0 Å². The normalized spacial score (nSPS) is 35.2. The Morgan fingerprint density at radius 1 is 1.07 bits per heavy atom. The van der Waals surface area contributed by atoms with Gasteiger partial charge in [0.1, 0.15) is 10.8 Å². The van der Waals surface area contributed by atoms with Crippen molar-refractivity contribution in [3.05, 3.63) is 0 Å². The molecule has 0 aromatic heterocycles. The van der Waals surface area contributed by atoms with Crippen LogP contribution in [0.1, 0.15) is 19.3 Å². The highest BCUT2D eigenvalue weighted by molar-refractivity contribution is 9.31. The molecule has 0 bridgehead atoms. The Hall–Kier alpha value is 1.87. The third kappa shape index (κ3) is 2.00. The Balaban J connectivity index is 3.16. The zero-order valence-corrected chi connectivity index (χ0v) is 14.8. The Bertz CT molecular complexity index is 265. The first kappa shape index (κ1) is 13.9. The van der Waals surface area contributed by atoms with Crippen LogP contribution in [0.4, 0.5) is 0 Å². The zero-order chi connectivity index (χ0) is 11.2. The van der Waals surface area contributed by atoms with Gasteiger partial charge in [-0.05, 0) is 19.3 Å². The van der Waals surface area contributed by atoms with Gasteiger partial charge in [-0.2, -0.15) is 0 Å². The predicted octanol–water partition coefficient (Wildman–Crippen LogP) is 4.36. The summed E-state index contributed by atoms with van der Waals surface area (Å²) in [6, 6.07) is 0. The molecule has 1 aliphatic rings. The molecule has 0 aromatic rings. The second-order valence-corrected chi connectivity index (χ2v) is 11.8. The fourth-order valence-corrected chi connectivity index (χ4v) is 4.92. The molecule has 1 fully saturated rings. The van der Waals surface area contributed by atoms with Crippen molar-refractivity contribution in [3.8, 4) is 0 Å². The number of carboxylic acids is 1. The first-order valence-corrected chi connectivity index (χ1v) is 7.79. The third-order valence-corrected chi connectivity index (χ3v) is 11.5. The van der Waals surface area contributed by atoms with Crippen LogP contribution in [0, 0.1) is 0 Å². The molecular formula is C7H7Br5O2. The zero-order valence-electron chi connectivity index (χ0n) is 6.87. The quantitative estimate of drug-likeness (QED) is 0.520. The number of hydrogen-bond donors (Lipinski definition) is 1. The van der Waals surface area contributed by atoms with Crippen molar-refractivity contribution in [1.82, 2.24) is 0 Å². The number of aliphatic carboxylic acids is 1. The Labute approximate surface area is 124 Å². The number of carbonyl (C=O) groups is 1. The molecule has 0 spiro atoms. The molecule has 0 heterocycles. The van der Waals surface area contributed by atoms with E-state index in [4.69, 9.17) is 0 Å². The summed E-state index contributed by atoms with van der Waals surface area (Å²) in [5.41, 5.74) is 0. The number of rotatable bonds is 1. The lowest BCUT2D eigenvalue weighted by Gasteiger charge is -2.47. The van der Waals surface area contributed by atoms with E-state index in [0.29, 0.717) is 6.42 Å². The highest BCUT2D eigenvalue weighted by atomic mass is 79.9. The molecule has 82 valence electrons. The van der Waals surface area contributed by atoms with Crippen LogP contribution in [0.15, 0.2) is 0 Å². The summed E-state index contributed by atoms with van der Waals surface area (Å²) in [5.74, 6) is -0.880. The molecule has 1 aliphatic carbocycles. The van der Waals surface area contributed by atoms with Gasteiger partial charge in [-0.1, -0.05) is 79.6 Å². The summed E-state index contributed by atoms with van der Waals surface area (Å²) in [5, 5.41) is 9.22. The van der Waals surface area contributed by atoms with Gasteiger partial charge in [-0.3, -0.25) is 4.79 Å². The van der Waals surface area contributed by atoms with Crippen LogP contribution in [-0.2, 0) is 4.79 Å². The minimum absolute atomic E-state index is 0.479. The van der Waals surface area contributed by atoms with Gasteiger partial charge >= 0.3 is 5.97 Å². The van der Waals surface area contributed by atoms with E-state index in [0.717, 1.165) is 12.8 Å². The lowest BCUT2D eigenvalue weighted by atomic mass is 9.88. The van der Waals surface area contributed by atoms with E-state index >= 15 is 0 Å². The van der Waals surface area contributed by atoms with Crippen LogP contribution in [-0.4, -0.2) is 21.9 Å². The number of alkyl halides is 5.